The van der Waals surface area contributed by atoms with Crippen molar-refractivity contribution in [2.24, 2.45) is 0 Å². The van der Waals surface area contributed by atoms with Crippen molar-refractivity contribution in [3.8, 4) is 5.75 Å². The van der Waals surface area contributed by atoms with Gasteiger partial charge < -0.3 is 15.4 Å². The number of carbonyl (C=O) groups excluding carboxylic acids is 2. The van der Waals surface area contributed by atoms with E-state index in [0.29, 0.717) is 28.4 Å². The van der Waals surface area contributed by atoms with Gasteiger partial charge in [-0.05, 0) is 55.5 Å². The van der Waals surface area contributed by atoms with E-state index in [4.69, 9.17) is 4.74 Å². The maximum Gasteiger partial charge on any atom is 0.323 e. The maximum atomic E-state index is 12.6. The van der Waals surface area contributed by atoms with Gasteiger partial charge in [-0.25, -0.2) is 13.2 Å². The Morgan fingerprint density at radius 2 is 1.52 bits per heavy atom. The summed E-state index contributed by atoms with van der Waals surface area (Å²) in [4.78, 5) is 23.7. The van der Waals surface area contributed by atoms with Gasteiger partial charge in [-0.1, -0.05) is 24.3 Å². The van der Waals surface area contributed by atoms with E-state index in [1.165, 1.54) is 38.3 Å². The van der Waals surface area contributed by atoms with E-state index in [1.807, 2.05) is 0 Å². The lowest BCUT2D eigenvalue weighted by molar-refractivity contribution is 0.101. The summed E-state index contributed by atoms with van der Waals surface area (Å²) < 4.78 is 32.9. The Labute approximate surface area is 180 Å². The molecule has 0 aromatic heterocycles. The molecule has 160 valence electrons. The zero-order valence-electron chi connectivity index (χ0n) is 16.9. The number of rotatable bonds is 7. The van der Waals surface area contributed by atoms with Gasteiger partial charge in [0.15, 0.2) is 5.78 Å². The zero-order valence-corrected chi connectivity index (χ0v) is 17.7. The van der Waals surface area contributed by atoms with Gasteiger partial charge in [-0.15, -0.1) is 0 Å². The molecule has 0 aliphatic heterocycles. The van der Waals surface area contributed by atoms with Crippen molar-refractivity contribution < 1.29 is 22.7 Å². The highest BCUT2D eigenvalue weighted by Gasteiger charge is 2.16. The van der Waals surface area contributed by atoms with Crippen molar-refractivity contribution in [2.75, 3.05) is 22.5 Å². The summed E-state index contributed by atoms with van der Waals surface area (Å²) in [5.74, 6) is 0.289. The van der Waals surface area contributed by atoms with E-state index in [1.54, 1.807) is 48.5 Å². The Morgan fingerprint density at radius 3 is 2.19 bits per heavy atom. The fourth-order valence-corrected chi connectivity index (χ4v) is 3.83. The Kier molecular flexibility index (Phi) is 6.56. The van der Waals surface area contributed by atoms with Crippen LogP contribution in [0.15, 0.2) is 77.7 Å². The molecular formula is C22H21N3O5S. The monoisotopic (exact) mass is 439 g/mol. The van der Waals surface area contributed by atoms with E-state index in [0.717, 1.165) is 0 Å². The quantitative estimate of drug-likeness (QED) is 0.474. The smallest absolute Gasteiger partial charge is 0.323 e. The van der Waals surface area contributed by atoms with Crippen molar-refractivity contribution in [1.29, 1.82) is 0 Å². The molecular weight excluding hydrogens is 418 g/mol. The third-order valence-electron chi connectivity index (χ3n) is 4.30. The molecule has 0 saturated heterocycles. The number of sulfonamides is 1. The second-order valence-electron chi connectivity index (χ2n) is 6.55. The highest BCUT2D eigenvalue weighted by atomic mass is 32.2. The molecule has 0 atom stereocenters. The highest BCUT2D eigenvalue weighted by molar-refractivity contribution is 7.92. The van der Waals surface area contributed by atoms with Crippen LogP contribution >= 0.6 is 0 Å². The summed E-state index contributed by atoms with van der Waals surface area (Å²) in [6.07, 6.45) is 0. The molecule has 0 aliphatic rings. The lowest BCUT2D eigenvalue weighted by Gasteiger charge is -2.12. The summed E-state index contributed by atoms with van der Waals surface area (Å²) in [7, 11) is -2.39. The van der Waals surface area contributed by atoms with Crippen molar-refractivity contribution in [2.45, 2.75) is 11.8 Å². The molecule has 31 heavy (non-hydrogen) atoms. The number of methoxy groups -OCH3 is 1. The molecule has 0 spiro atoms. The first-order valence-corrected chi connectivity index (χ1v) is 10.7. The van der Waals surface area contributed by atoms with Gasteiger partial charge >= 0.3 is 6.03 Å². The number of Topliss-reactive ketones (excluding diaryl/α,β-unsaturated/α-hetero) is 1. The molecule has 3 N–H and O–H groups in total. The molecule has 0 fully saturated rings. The van der Waals surface area contributed by atoms with Crippen LogP contribution in [-0.2, 0) is 10.0 Å². The Morgan fingerprint density at radius 1 is 0.839 bits per heavy atom. The second kappa shape index (κ2) is 9.31. The Balaban J connectivity index is 1.67. The van der Waals surface area contributed by atoms with Crippen LogP contribution in [0.2, 0.25) is 0 Å². The van der Waals surface area contributed by atoms with Gasteiger partial charge in [-0.3, -0.25) is 9.52 Å². The van der Waals surface area contributed by atoms with Gasteiger partial charge in [0.25, 0.3) is 10.0 Å². The van der Waals surface area contributed by atoms with Gasteiger partial charge in [0, 0.05) is 16.9 Å². The fourth-order valence-electron chi connectivity index (χ4n) is 2.76. The molecule has 0 heterocycles. The minimum absolute atomic E-state index is 0.0264. The lowest BCUT2D eigenvalue weighted by atomic mass is 10.1. The van der Waals surface area contributed by atoms with E-state index >= 15 is 0 Å². The molecule has 0 radical (unpaired) electrons. The molecule has 0 aliphatic carbocycles. The van der Waals surface area contributed by atoms with Crippen LogP contribution in [0.4, 0.5) is 21.9 Å². The molecule has 3 rings (SSSR count). The minimum atomic E-state index is -3.84. The predicted molar refractivity (Wildman–Crippen MR) is 119 cm³/mol. The number of ether oxygens (including phenoxy) is 1. The van der Waals surface area contributed by atoms with Gasteiger partial charge in [0.2, 0.25) is 0 Å². The third-order valence-corrected chi connectivity index (χ3v) is 5.68. The molecule has 0 unspecified atom stereocenters. The first-order chi connectivity index (χ1) is 14.8. The second-order valence-corrected chi connectivity index (χ2v) is 8.23. The van der Waals surface area contributed by atoms with Crippen LogP contribution in [-0.4, -0.2) is 27.3 Å². The SMILES string of the molecule is COc1ccccc1NS(=O)(=O)c1ccc(NC(=O)Nc2cccc(C(C)=O)c2)cc1. The largest absolute Gasteiger partial charge is 0.495 e. The molecule has 9 heteroatoms. The first-order valence-electron chi connectivity index (χ1n) is 9.23. The molecule has 2 amide bonds. The van der Waals surface area contributed by atoms with Crippen LogP contribution in [0, 0.1) is 0 Å². The Hall–Kier alpha value is -3.85. The van der Waals surface area contributed by atoms with Crippen molar-refractivity contribution in [1.82, 2.24) is 0 Å². The summed E-state index contributed by atoms with van der Waals surface area (Å²) >= 11 is 0. The van der Waals surface area contributed by atoms with E-state index in [2.05, 4.69) is 15.4 Å². The number of nitrogens with one attached hydrogen (secondary N) is 3. The Bertz CT molecular complexity index is 1210. The minimum Gasteiger partial charge on any atom is -0.495 e. The summed E-state index contributed by atoms with van der Waals surface area (Å²) in [6.45, 7) is 1.44. The standard InChI is InChI=1S/C22H21N3O5S/c1-15(26)16-6-5-7-18(14-16)24-22(27)23-17-10-12-19(13-11-17)31(28,29)25-20-8-3-4-9-21(20)30-2/h3-14,25H,1-2H3,(H2,23,24,27). The highest BCUT2D eigenvalue weighted by Crippen LogP contribution is 2.26. The number of hydrogen-bond donors (Lipinski definition) is 3. The number of amides is 2. The number of hydrogen-bond acceptors (Lipinski definition) is 5. The van der Waals surface area contributed by atoms with E-state index < -0.39 is 16.1 Å². The van der Waals surface area contributed by atoms with Crippen LogP contribution in [0.5, 0.6) is 5.75 Å². The van der Waals surface area contributed by atoms with Crippen molar-refractivity contribution >= 4 is 38.9 Å². The number of ketones is 1. The average molecular weight is 439 g/mol. The molecule has 8 nitrogen and oxygen atoms in total. The number of benzene rings is 3. The topological polar surface area (TPSA) is 114 Å². The lowest BCUT2D eigenvalue weighted by Crippen LogP contribution is -2.19. The first kappa shape index (κ1) is 21.8. The predicted octanol–water partition coefficient (Wildman–Crippen LogP) is 4.34. The molecule has 0 bridgehead atoms. The number of anilines is 3. The van der Waals surface area contributed by atoms with Gasteiger partial charge in [0.05, 0.1) is 17.7 Å². The summed E-state index contributed by atoms with van der Waals surface area (Å²) in [5.41, 5.74) is 1.66. The van der Waals surface area contributed by atoms with Crippen molar-refractivity contribution in [3.63, 3.8) is 0 Å². The number of urea groups is 1. The molecule has 0 saturated carbocycles. The third kappa shape index (κ3) is 5.61. The summed E-state index contributed by atoms with van der Waals surface area (Å²) in [5, 5.41) is 5.24. The van der Waals surface area contributed by atoms with E-state index in [9.17, 15) is 18.0 Å². The van der Waals surface area contributed by atoms with Crippen LogP contribution in [0.3, 0.4) is 0 Å². The molecule has 3 aromatic rings. The molecule has 3 aromatic carbocycles. The maximum absolute atomic E-state index is 12.6. The zero-order chi connectivity index (χ0) is 22.4. The van der Waals surface area contributed by atoms with Gasteiger partial charge in [-0.2, -0.15) is 0 Å². The van der Waals surface area contributed by atoms with E-state index in [-0.39, 0.29) is 10.7 Å². The fraction of sp³-hybridized carbons (Fsp3) is 0.0909. The average Bonchev–Trinajstić information content (AvgIpc) is 2.74. The van der Waals surface area contributed by atoms with Crippen molar-refractivity contribution in [3.05, 3.63) is 78.4 Å². The van der Waals surface area contributed by atoms with Crippen LogP contribution < -0.4 is 20.1 Å². The normalized spacial score (nSPS) is 10.8. The van der Waals surface area contributed by atoms with Gasteiger partial charge in [0.1, 0.15) is 5.75 Å². The summed E-state index contributed by atoms with van der Waals surface area (Å²) in [6, 6.07) is 18.4. The van der Waals surface area contributed by atoms with Crippen LogP contribution in [0.1, 0.15) is 17.3 Å². The number of para-hydroxylation sites is 2. The number of carbonyl (C=O) groups is 2. The van der Waals surface area contributed by atoms with Crippen LogP contribution in [0.25, 0.3) is 0 Å².